The van der Waals surface area contributed by atoms with E-state index in [1.807, 2.05) is 0 Å². The number of aromatic nitrogens is 1. The van der Waals surface area contributed by atoms with Gasteiger partial charge in [-0.25, -0.2) is 9.37 Å². The molecule has 3 atom stereocenters. The Bertz CT molecular complexity index is 1160. The minimum absolute atomic E-state index is 0.0445. The minimum atomic E-state index is -1.49. The van der Waals surface area contributed by atoms with E-state index in [1.165, 1.54) is 22.5 Å². The molecular weight excluding hydrogens is 465 g/mol. The van der Waals surface area contributed by atoms with Crippen LogP contribution in [0.1, 0.15) is 34.0 Å². The highest BCUT2D eigenvalue weighted by Gasteiger charge is 2.32. The quantitative estimate of drug-likeness (QED) is 0.436. The van der Waals surface area contributed by atoms with Gasteiger partial charge in [-0.3, -0.25) is 14.4 Å². The topological polar surface area (TPSA) is 133 Å². The normalized spacial score (nSPS) is 18.9. The van der Waals surface area contributed by atoms with Crippen LogP contribution in [0.4, 0.5) is 4.39 Å². The van der Waals surface area contributed by atoms with Crippen molar-refractivity contribution in [2.45, 2.75) is 31.2 Å². The van der Waals surface area contributed by atoms with Crippen molar-refractivity contribution in [1.29, 1.82) is 0 Å². The number of thiophene rings is 1. The average Bonchev–Trinajstić information content (AvgIpc) is 3.52. The maximum Gasteiger partial charge on any atom is 0.320 e. The zero-order valence-electron chi connectivity index (χ0n) is 17.9. The fourth-order valence-corrected chi connectivity index (χ4v) is 4.33. The predicted octanol–water partition coefficient (Wildman–Crippen LogP) is 2.43. The summed E-state index contributed by atoms with van der Waals surface area (Å²) >= 11 is 1.32. The van der Waals surface area contributed by atoms with Crippen LogP contribution in [-0.4, -0.2) is 63.2 Å². The van der Waals surface area contributed by atoms with Crippen molar-refractivity contribution < 1.29 is 33.4 Å². The number of carbonyl (C=O) groups excluding carboxylic acids is 2. The molecule has 9 nitrogen and oxygen atoms in total. The molecule has 3 heterocycles. The lowest BCUT2D eigenvalue weighted by molar-refractivity contribution is -0.143. The minimum Gasteiger partial charge on any atom is -0.480 e. The number of hydrogen-bond acceptors (Lipinski definition) is 7. The third-order valence-corrected chi connectivity index (χ3v) is 6.27. The Labute approximate surface area is 197 Å². The number of oxazole rings is 1. The van der Waals surface area contributed by atoms with E-state index in [-0.39, 0.29) is 37.6 Å². The number of nitrogens with one attached hydrogen (secondary N) is 1. The molecule has 0 aliphatic carbocycles. The summed E-state index contributed by atoms with van der Waals surface area (Å²) in [7, 11) is 0. The van der Waals surface area contributed by atoms with Crippen LogP contribution < -0.4 is 5.32 Å². The lowest BCUT2D eigenvalue weighted by Gasteiger charge is -2.31. The predicted molar refractivity (Wildman–Crippen MR) is 120 cm³/mol. The number of benzene rings is 1. The molecule has 0 radical (unpaired) electrons. The summed E-state index contributed by atoms with van der Waals surface area (Å²) in [4.78, 5) is 42.0. The molecule has 3 N–H and O–H groups in total. The van der Waals surface area contributed by atoms with E-state index in [9.17, 15) is 29.0 Å². The number of likely N-dealkylation sites (tertiary alicyclic amines) is 1. The van der Waals surface area contributed by atoms with Crippen molar-refractivity contribution in [2.75, 3.05) is 13.1 Å². The van der Waals surface area contributed by atoms with Gasteiger partial charge in [0.1, 0.15) is 12.4 Å². The van der Waals surface area contributed by atoms with Gasteiger partial charge in [0.05, 0.1) is 12.6 Å². The highest BCUT2D eigenvalue weighted by atomic mass is 32.1. The summed E-state index contributed by atoms with van der Waals surface area (Å²) in [6.07, 6.45) is -1.18. The number of carbonyl (C=O) groups is 3. The number of amides is 2. The number of hydrogen-bond donors (Lipinski definition) is 3. The molecule has 0 bridgehead atoms. The van der Waals surface area contributed by atoms with Crippen LogP contribution in [0.2, 0.25) is 0 Å². The van der Waals surface area contributed by atoms with Crippen molar-refractivity contribution in [3.05, 3.63) is 64.2 Å². The highest BCUT2D eigenvalue weighted by molar-refractivity contribution is 7.08. The molecule has 1 saturated heterocycles. The molecule has 3 unspecified atom stereocenters. The van der Waals surface area contributed by atoms with Crippen molar-refractivity contribution in [3.63, 3.8) is 0 Å². The Kier molecular flexibility index (Phi) is 7.03. The van der Waals surface area contributed by atoms with Crippen LogP contribution in [0.25, 0.3) is 11.5 Å². The molecule has 2 amide bonds. The molecule has 4 rings (SSSR count). The molecule has 1 aliphatic rings. The smallest absolute Gasteiger partial charge is 0.320 e. The number of rotatable bonds is 7. The third kappa shape index (κ3) is 5.15. The SMILES string of the molecule is O=C(O)C(C(=O)NCc1ccc(-c2nc(C(=O)N3CCC(O)C(F)C3)co2)cc1)c1ccsc1. The van der Waals surface area contributed by atoms with Crippen molar-refractivity contribution in [3.8, 4) is 11.5 Å². The zero-order valence-corrected chi connectivity index (χ0v) is 18.7. The van der Waals surface area contributed by atoms with Gasteiger partial charge in [0.15, 0.2) is 11.6 Å². The number of piperidine rings is 1. The molecule has 1 aromatic carbocycles. The van der Waals surface area contributed by atoms with Gasteiger partial charge in [-0.2, -0.15) is 11.3 Å². The number of alkyl halides is 1. The number of carboxylic acid groups (broad SMARTS) is 1. The van der Waals surface area contributed by atoms with Gasteiger partial charge in [0.2, 0.25) is 11.8 Å². The van der Waals surface area contributed by atoms with Crippen LogP contribution in [0.15, 0.2) is 51.8 Å². The van der Waals surface area contributed by atoms with E-state index in [0.717, 1.165) is 5.56 Å². The van der Waals surface area contributed by atoms with Gasteiger partial charge in [-0.1, -0.05) is 12.1 Å². The fourth-order valence-electron chi connectivity index (χ4n) is 3.65. The molecule has 3 aromatic rings. The van der Waals surface area contributed by atoms with Crippen molar-refractivity contribution >= 4 is 29.1 Å². The van der Waals surface area contributed by atoms with E-state index < -0.39 is 36.0 Å². The largest absolute Gasteiger partial charge is 0.480 e. The molecule has 0 saturated carbocycles. The standard InChI is InChI=1S/C23H22FN3O6S/c24-16-10-27(7-5-18(16)28)22(30)17-11-33-21(26-17)14-3-1-13(2-4-14)9-25-20(29)19(23(31)32)15-6-8-34-12-15/h1-4,6,8,11-12,16,18-19,28H,5,7,9-10H2,(H,25,29)(H,31,32). The summed E-state index contributed by atoms with van der Waals surface area (Å²) in [5.41, 5.74) is 1.80. The molecule has 11 heteroatoms. The number of aliphatic carboxylic acids is 1. The lowest BCUT2D eigenvalue weighted by Crippen LogP contribution is -2.47. The van der Waals surface area contributed by atoms with Crippen LogP contribution in [0.5, 0.6) is 0 Å². The van der Waals surface area contributed by atoms with Gasteiger partial charge in [0, 0.05) is 18.7 Å². The second-order valence-corrected chi connectivity index (χ2v) is 8.68. The second-order valence-electron chi connectivity index (χ2n) is 7.90. The van der Waals surface area contributed by atoms with Crippen molar-refractivity contribution in [1.82, 2.24) is 15.2 Å². The number of aliphatic hydroxyl groups is 1. The van der Waals surface area contributed by atoms with Crippen LogP contribution in [0, 0.1) is 0 Å². The average molecular weight is 488 g/mol. The molecule has 1 aliphatic heterocycles. The Balaban J connectivity index is 1.37. The molecule has 34 heavy (non-hydrogen) atoms. The fraction of sp³-hybridized carbons (Fsp3) is 0.304. The monoisotopic (exact) mass is 487 g/mol. The van der Waals surface area contributed by atoms with Crippen molar-refractivity contribution in [2.24, 2.45) is 0 Å². The van der Waals surface area contributed by atoms with Crippen LogP contribution >= 0.6 is 11.3 Å². The van der Waals surface area contributed by atoms with E-state index >= 15 is 0 Å². The number of nitrogens with zero attached hydrogens (tertiary/aromatic N) is 2. The second kappa shape index (κ2) is 10.1. The Morgan fingerprint density at radius 2 is 2.03 bits per heavy atom. The number of aliphatic hydroxyl groups excluding tert-OH is 1. The van der Waals surface area contributed by atoms with E-state index in [4.69, 9.17) is 4.42 Å². The van der Waals surface area contributed by atoms with Gasteiger partial charge >= 0.3 is 5.97 Å². The zero-order chi connectivity index (χ0) is 24.2. The van der Waals surface area contributed by atoms with E-state index in [1.54, 1.807) is 41.1 Å². The number of carboxylic acids is 1. The van der Waals surface area contributed by atoms with Gasteiger partial charge in [-0.15, -0.1) is 0 Å². The molecule has 1 fully saturated rings. The lowest BCUT2D eigenvalue weighted by atomic mass is 10.0. The summed E-state index contributed by atoms with van der Waals surface area (Å²) in [5.74, 6) is -3.36. The van der Waals surface area contributed by atoms with Gasteiger partial charge in [0.25, 0.3) is 5.91 Å². The van der Waals surface area contributed by atoms with Crippen LogP contribution in [-0.2, 0) is 16.1 Å². The molecule has 0 spiro atoms. The van der Waals surface area contributed by atoms with E-state index in [2.05, 4.69) is 10.3 Å². The number of halogens is 1. The maximum atomic E-state index is 13.7. The maximum absolute atomic E-state index is 13.7. The third-order valence-electron chi connectivity index (χ3n) is 5.57. The van der Waals surface area contributed by atoms with Crippen LogP contribution in [0.3, 0.4) is 0 Å². The first-order valence-electron chi connectivity index (χ1n) is 10.5. The summed E-state index contributed by atoms with van der Waals surface area (Å²) in [5, 5.41) is 24.9. The van der Waals surface area contributed by atoms with Gasteiger partial charge < -0.3 is 24.8 Å². The first kappa shape index (κ1) is 23.6. The van der Waals surface area contributed by atoms with Gasteiger partial charge in [-0.05, 0) is 46.5 Å². The molecular formula is C23H22FN3O6S. The Morgan fingerprint density at radius 3 is 2.68 bits per heavy atom. The Hall–Kier alpha value is -3.57. The first-order valence-corrected chi connectivity index (χ1v) is 11.5. The molecule has 2 aromatic heterocycles. The first-order chi connectivity index (χ1) is 16.3. The highest BCUT2D eigenvalue weighted by Crippen LogP contribution is 2.23. The summed E-state index contributed by atoms with van der Waals surface area (Å²) in [6.45, 7) is 0.170. The summed E-state index contributed by atoms with van der Waals surface area (Å²) in [6, 6.07) is 8.45. The summed E-state index contributed by atoms with van der Waals surface area (Å²) < 4.78 is 19.1. The molecule has 178 valence electrons. The van der Waals surface area contributed by atoms with E-state index in [0.29, 0.717) is 11.1 Å². The Morgan fingerprint density at radius 1 is 1.26 bits per heavy atom.